The first-order valence-corrected chi connectivity index (χ1v) is 13.4. The average Bonchev–Trinajstić information content (AvgIpc) is 3.19. The van der Waals surface area contributed by atoms with Crippen molar-refractivity contribution in [3.63, 3.8) is 0 Å². The minimum Gasteiger partial charge on any atom is -0.289 e. The first-order valence-electron chi connectivity index (χ1n) is 10.6. The van der Waals surface area contributed by atoms with E-state index >= 15 is 0 Å². The number of carbonyl (C=O) groups is 1. The normalized spacial score (nSPS) is 16.3. The van der Waals surface area contributed by atoms with E-state index in [4.69, 9.17) is 11.1 Å². The van der Waals surface area contributed by atoms with Crippen molar-refractivity contribution < 1.29 is 30.7 Å². The SMILES string of the molecule is [N-]=[N+]=Nc1ccc(C=CC=C2CCC(=CC=Cc3ccc(N=[N+]=[N-])cc3S(=O)(=O)O)C2=O)c(S(=O)(=O)O)c1. The molecule has 15 heteroatoms. The molecule has 0 bridgehead atoms. The van der Waals surface area contributed by atoms with Crippen molar-refractivity contribution in [3.05, 3.63) is 104 Å². The van der Waals surface area contributed by atoms with Gasteiger partial charge in [0.15, 0.2) is 5.78 Å². The van der Waals surface area contributed by atoms with Crippen molar-refractivity contribution in [2.24, 2.45) is 10.2 Å². The fraction of sp³-hybridized carbons (Fsp3) is 0.0870. The van der Waals surface area contributed by atoms with Crippen LogP contribution in [0.1, 0.15) is 24.0 Å². The predicted octanol–water partition coefficient (Wildman–Crippen LogP) is 6.01. The summed E-state index contributed by atoms with van der Waals surface area (Å²) >= 11 is 0. The summed E-state index contributed by atoms with van der Waals surface area (Å²) in [4.78, 5) is 16.9. The molecule has 1 fully saturated rings. The molecule has 1 aliphatic carbocycles. The highest BCUT2D eigenvalue weighted by Crippen LogP contribution is 2.28. The van der Waals surface area contributed by atoms with Gasteiger partial charge in [-0.25, -0.2) is 0 Å². The smallest absolute Gasteiger partial charge is 0.289 e. The Morgan fingerprint density at radius 2 is 1.13 bits per heavy atom. The zero-order valence-electron chi connectivity index (χ0n) is 19.3. The van der Waals surface area contributed by atoms with E-state index < -0.39 is 30.0 Å². The third kappa shape index (κ3) is 7.05. The summed E-state index contributed by atoms with van der Waals surface area (Å²) < 4.78 is 65.7. The fourth-order valence-electron chi connectivity index (χ4n) is 3.55. The highest BCUT2D eigenvalue weighted by Gasteiger charge is 2.22. The summed E-state index contributed by atoms with van der Waals surface area (Å²) in [6.45, 7) is 0. The van der Waals surface area contributed by atoms with Crippen LogP contribution in [0, 0.1) is 0 Å². The van der Waals surface area contributed by atoms with Gasteiger partial charge in [0.25, 0.3) is 20.2 Å². The molecule has 38 heavy (non-hydrogen) atoms. The molecule has 0 amide bonds. The van der Waals surface area contributed by atoms with E-state index in [1.54, 1.807) is 0 Å². The van der Waals surface area contributed by atoms with Gasteiger partial charge < -0.3 is 0 Å². The van der Waals surface area contributed by atoms with Crippen molar-refractivity contribution in [3.8, 4) is 0 Å². The molecule has 0 saturated heterocycles. The second-order valence-corrected chi connectivity index (χ2v) is 10.5. The lowest BCUT2D eigenvalue weighted by Gasteiger charge is -2.03. The fourth-order valence-corrected chi connectivity index (χ4v) is 4.96. The van der Waals surface area contributed by atoms with E-state index in [1.807, 2.05) is 0 Å². The van der Waals surface area contributed by atoms with Gasteiger partial charge >= 0.3 is 0 Å². The van der Waals surface area contributed by atoms with E-state index in [9.17, 15) is 30.7 Å². The van der Waals surface area contributed by atoms with Crippen LogP contribution in [0.15, 0.2) is 91.9 Å². The predicted molar refractivity (Wildman–Crippen MR) is 139 cm³/mol. The number of benzene rings is 2. The molecule has 13 nitrogen and oxygen atoms in total. The Morgan fingerprint density at radius 1 is 0.737 bits per heavy atom. The largest absolute Gasteiger partial charge is 0.295 e. The van der Waals surface area contributed by atoms with Gasteiger partial charge in [-0.15, -0.1) is 0 Å². The molecular formula is C23H18N6O7S2. The summed E-state index contributed by atoms with van der Waals surface area (Å²) in [5, 5.41) is 6.62. The Bertz CT molecular complexity index is 1620. The maximum absolute atomic E-state index is 12.7. The number of Topliss-reactive ketones (excluding diaryl/α,β-unsaturated/α-hetero) is 1. The molecule has 0 aromatic heterocycles. The molecule has 2 aromatic rings. The number of ketones is 1. The quantitative estimate of drug-likeness (QED) is 0.130. The third-order valence-corrected chi connectivity index (χ3v) is 7.08. The maximum Gasteiger partial charge on any atom is 0.295 e. The number of allylic oxidation sites excluding steroid dienone is 6. The second kappa shape index (κ2) is 11.7. The molecule has 1 aliphatic rings. The van der Waals surface area contributed by atoms with E-state index in [-0.39, 0.29) is 28.3 Å². The lowest BCUT2D eigenvalue weighted by molar-refractivity contribution is -0.111. The third-order valence-electron chi connectivity index (χ3n) is 5.26. The van der Waals surface area contributed by atoms with Gasteiger partial charge in [-0.1, -0.05) is 71.0 Å². The van der Waals surface area contributed by atoms with Crippen LogP contribution in [-0.4, -0.2) is 31.7 Å². The molecule has 1 saturated carbocycles. The van der Waals surface area contributed by atoms with Gasteiger partial charge in [0.05, 0.1) is 0 Å². The summed E-state index contributed by atoms with van der Waals surface area (Å²) in [6.07, 6.45) is 9.48. The molecule has 0 atom stereocenters. The van der Waals surface area contributed by atoms with Gasteiger partial charge in [-0.2, -0.15) is 16.8 Å². The highest BCUT2D eigenvalue weighted by atomic mass is 32.2. The van der Waals surface area contributed by atoms with E-state index in [2.05, 4.69) is 20.1 Å². The van der Waals surface area contributed by atoms with Crippen molar-refractivity contribution in [1.82, 2.24) is 0 Å². The number of nitrogens with zero attached hydrogens (tertiary/aromatic N) is 6. The Hall–Kier alpha value is -4.49. The second-order valence-electron chi connectivity index (χ2n) is 7.70. The lowest BCUT2D eigenvalue weighted by atomic mass is 10.1. The first-order chi connectivity index (χ1) is 17.9. The molecule has 0 spiro atoms. The molecule has 0 unspecified atom stereocenters. The van der Waals surface area contributed by atoms with Gasteiger partial charge in [-0.05, 0) is 47.2 Å². The van der Waals surface area contributed by atoms with Gasteiger partial charge in [0.2, 0.25) is 0 Å². The monoisotopic (exact) mass is 554 g/mol. The lowest BCUT2D eigenvalue weighted by Crippen LogP contribution is -2.00. The van der Waals surface area contributed by atoms with E-state index in [0.717, 1.165) is 12.1 Å². The Labute approximate surface area is 216 Å². The van der Waals surface area contributed by atoms with Crippen LogP contribution < -0.4 is 0 Å². The minimum absolute atomic E-state index is 0.000224. The molecule has 0 radical (unpaired) electrons. The van der Waals surface area contributed by atoms with Crippen LogP contribution in [0.5, 0.6) is 0 Å². The first kappa shape index (κ1) is 28.1. The standard InChI is InChI=1S/C23H18N6O7S2/c24-28-26-19-11-9-15(21(13-19)37(31,32)33)3-1-5-17-7-8-18(23(17)30)6-2-4-16-10-12-20(27-29-25)14-22(16)38(34,35)36/h1-6,9-14H,7-8H2,(H,31,32,33)(H,34,35,36). The number of rotatable bonds is 8. The van der Waals surface area contributed by atoms with E-state index in [0.29, 0.717) is 24.0 Å². The Balaban J connectivity index is 1.82. The number of hydrogen-bond donors (Lipinski definition) is 2. The molecule has 194 valence electrons. The zero-order valence-corrected chi connectivity index (χ0v) is 20.9. The van der Waals surface area contributed by atoms with Crippen LogP contribution in [0.4, 0.5) is 11.4 Å². The van der Waals surface area contributed by atoms with Crippen molar-refractivity contribution >= 4 is 49.5 Å². The summed E-state index contributed by atoms with van der Waals surface area (Å²) in [5.41, 5.74) is 18.1. The molecular weight excluding hydrogens is 536 g/mol. The number of azide groups is 2. The molecule has 2 N–H and O–H groups in total. The zero-order chi connectivity index (χ0) is 27.9. The van der Waals surface area contributed by atoms with Crippen LogP contribution in [0.3, 0.4) is 0 Å². The molecule has 2 aromatic carbocycles. The number of carbonyl (C=O) groups excluding carboxylic acids is 1. The molecule has 0 aliphatic heterocycles. The molecule has 0 heterocycles. The summed E-state index contributed by atoms with van der Waals surface area (Å²) in [5.74, 6) is -0.262. The highest BCUT2D eigenvalue weighted by molar-refractivity contribution is 7.86. The Morgan fingerprint density at radius 3 is 1.47 bits per heavy atom. The topological polar surface area (TPSA) is 223 Å². The van der Waals surface area contributed by atoms with Gasteiger partial charge in [0, 0.05) is 32.3 Å². The van der Waals surface area contributed by atoms with Crippen molar-refractivity contribution in [2.45, 2.75) is 22.6 Å². The van der Waals surface area contributed by atoms with Crippen LogP contribution in [-0.2, 0) is 25.0 Å². The van der Waals surface area contributed by atoms with Crippen molar-refractivity contribution in [2.75, 3.05) is 0 Å². The van der Waals surface area contributed by atoms with Crippen molar-refractivity contribution in [1.29, 1.82) is 0 Å². The van der Waals surface area contributed by atoms with Crippen LogP contribution >= 0.6 is 0 Å². The number of hydrogen-bond acceptors (Lipinski definition) is 7. The van der Waals surface area contributed by atoms with Crippen LogP contribution in [0.25, 0.3) is 33.0 Å². The average molecular weight is 555 g/mol. The van der Waals surface area contributed by atoms with E-state index in [1.165, 1.54) is 60.7 Å². The minimum atomic E-state index is -4.61. The van der Waals surface area contributed by atoms with Gasteiger partial charge in [-0.3, -0.25) is 13.9 Å². The summed E-state index contributed by atoms with van der Waals surface area (Å²) in [6, 6.07) is 7.46. The van der Waals surface area contributed by atoms with Crippen LogP contribution in [0.2, 0.25) is 0 Å². The Kier molecular flexibility index (Phi) is 8.65. The maximum atomic E-state index is 12.7. The molecule has 3 rings (SSSR count). The summed E-state index contributed by atoms with van der Waals surface area (Å²) in [7, 11) is -9.21. The van der Waals surface area contributed by atoms with Gasteiger partial charge in [0.1, 0.15) is 9.79 Å².